The number of nitrogens with zero attached hydrogens (tertiary/aromatic N) is 4. The molecule has 0 N–H and O–H groups in total. The van der Waals surface area contributed by atoms with Crippen LogP contribution in [0.15, 0.2) is 42.5 Å². The van der Waals surface area contributed by atoms with Crippen LogP contribution in [0.5, 0.6) is 0 Å². The highest BCUT2D eigenvalue weighted by molar-refractivity contribution is 7.14. The second-order valence-electron chi connectivity index (χ2n) is 8.77. The zero-order valence-corrected chi connectivity index (χ0v) is 21.6. The molecule has 0 saturated heterocycles. The molecule has 5 rings (SSSR count). The first-order valence-corrected chi connectivity index (χ1v) is 12.7. The minimum absolute atomic E-state index is 0.0209. The molecule has 35 heavy (non-hydrogen) atoms. The van der Waals surface area contributed by atoms with Gasteiger partial charge < -0.3 is 0 Å². The summed E-state index contributed by atoms with van der Waals surface area (Å²) in [5.41, 5.74) is 1.52. The summed E-state index contributed by atoms with van der Waals surface area (Å²) in [6.45, 7) is 3.99. The molecule has 1 fully saturated rings. The van der Waals surface area contributed by atoms with E-state index in [4.69, 9.17) is 39.9 Å². The third kappa shape index (κ3) is 4.24. The molecule has 1 aliphatic carbocycles. The average Bonchev–Trinajstić information content (AvgIpc) is 3.30. The Morgan fingerprint density at radius 1 is 0.971 bits per heavy atom. The van der Waals surface area contributed by atoms with Crippen LogP contribution in [-0.2, 0) is 5.41 Å². The zero-order valence-electron chi connectivity index (χ0n) is 18.5. The predicted molar refractivity (Wildman–Crippen MR) is 134 cm³/mol. The van der Waals surface area contributed by atoms with Crippen LogP contribution < -0.4 is 0 Å². The van der Waals surface area contributed by atoms with Gasteiger partial charge >= 0.3 is 6.18 Å². The summed E-state index contributed by atoms with van der Waals surface area (Å²) in [4.78, 5) is 0. The van der Waals surface area contributed by atoms with E-state index in [-0.39, 0.29) is 23.8 Å². The molecular formula is C24H18Cl3F3N4S. The summed E-state index contributed by atoms with van der Waals surface area (Å²) in [5.74, 6) is -0.0413. The SMILES string of the molecule is CC(C)c1c(-c2nnc(C3(C(F)(F)F)CC3)s2)nn(-c2ccc(Cl)cc2Cl)c1-c1ccc(Cl)cc1. The van der Waals surface area contributed by atoms with Gasteiger partial charge in [0.2, 0.25) is 0 Å². The van der Waals surface area contributed by atoms with E-state index in [1.807, 2.05) is 26.0 Å². The van der Waals surface area contributed by atoms with Crippen molar-refractivity contribution in [2.45, 2.75) is 44.2 Å². The van der Waals surface area contributed by atoms with E-state index in [0.717, 1.165) is 28.2 Å². The quantitative estimate of drug-likeness (QED) is 0.246. The highest BCUT2D eigenvalue weighted by atomic mass is 35.5. The fourth-order valence-electron chi connectivity index (χ4n) is 4.10. The Morgan fingerprint density at radius 2 is 1.63 bits per heavy atom. The van der Waals surface area contributed by atoms with E-state index < -0.39 is 11.6 Å². The van der Waals surface area contributed by atoms with Gasteiger partial charge in [0.15, 0.2) is 5.01 Å². The maximum absolute atomic E-state index is 13.7. The second kappa shape index (κ2) is 8.76. The van der Waals surface area contributed by atoms with Gasteiger partial charge in [-0.1, -0.05) is 72.1 Å². The first-order chi connectivity index (χ1) is 16.5. The lowest BCUT2D eigenvalue weighted by Crippen LogP contribution is -2.28. The summed E-state index contributed by atoms with van der Waals surface area (Å²) in [5, 5.41) is 14.7. The lowest BCUT2D eigenvalue weighted by molar-refractivity contribution is -0.160. The molecular weight excluding hydrogens is 540 g/mol. The van der Waals surface area contributed by atoms with Gasteiger partial charge in [-0.25, -0.2) is 4.68 Å². The first kappa shape index (κ1) is 24.6. The maximum atomic E-state index is 13.7. The highest BCUT2D eigenvalue weighted by Crippen LogP contribution is 2.60. The number of alkyl halides is 3. The molecule has 11 heteroatoms. The number of rotatable bonds is 5. The number of aromatic nitrogens is 4. The average molecular weight is 558 g/mol. The van der Waals surface area contributed by atoms with Gasteiger partial charge in [0, 0.05) is 21.2 Å². The van der Waals surface area contributed by atoms with Gasteiger partial charge in [0.1, 0.15) is 16.1 Å². The van der Waals surface area contributed by atoms with Crippen molar-refractivity contribution >= 4 is 46.1 Å². The predicted octanol–water partition coefficient (Wildman–Crippen LogP) is 8.74. The van der Waals surface area contributed by atoms with Crippen molar-refractivity contribution in [2.75, 3.05) is 0 Å². The standard InChI is InChI=1S/C24H18Cl3F3N4S/c1-12(2)18-19(21-31-32-22(35-21)23(9-10-23)24(28,29)30)33-34(17-8-7-15(26)11-16(17)27)20(18)13-3-5-14(25)6-4-13/h3-8,11-12H,9-10H2,1-2H3. The molecule has 0 aliphatic heterocycles. The molecule has 4 aromatic rings. The fraction of sp³-hybridized carbons (Fsp3) is 0.292. The van der Waals surface area contributed by atoms with E-state index in [0.29, 0.717) is 31.5 Å². The van der Waals surface area contributed by atoms with Crippen molar-refractivity contribution in [3.63, 3.8) is 0 Å². The van der Waals surface area contributed by atoms with Gasteiger partial charge in [0.25, 0.3) is 0 Å². The highest BCUT2D eigenvalue weighted by Gasteiger charge is 2.66. The smallest absolute Gasteiger partial charge is 0.231 e. The Morgan fingerprint density at radius 3 is 2.20 bits per heavy atom. The lowest BCUT2D eigenvalue weighted by Gasteiger charge is -2.15. The van der Waals surface area contributed by atoms with E-state index in [1.165, 1.54) is 0 Å². The zero-order chi connectivity index (χ0) is 25.1. The van der Waals surface area contributed by atoms with Crippen molar-refractivity contribution in [3.05, 3.63) is 68.1 Å². The summed E-state index contributed by atoms with van der Waals surface area (Å²) >= 11 is 19.7. The third-order valence-electron chi connectivity index (χ3n) is 6.08. The Balaban J connectivity index is 1.75. The van der Waals surface area contributed by atoms with Crippen molar-refractivity contribution in [2.24, 2.45) is 0 Å². The number of halogens is 6. The van der Waals surface area contributed by atoms with Crippen LogP contribution in [0.1, 0.15) is 43.2 Å². The van der Waals surface area contributed by atoms with Crippen molar-refractivity contribution in [1.29, 1.82) is 0 Å². The van der Waals surface area contributed by atoms with Gasteiger partial charge in [-0.2, -0.15) is 18.3 Å². The molecule has 2 heterocycles. The van der Waals surface area contributed by atoms with E-state index in [2.05, 4.69) is 10.2 Å². The third-order valence-corrected chi connectivity index (χ3v) is 8.01. The van der Waals surface area contributed by atoms with Gasteiger partial charge in [-0.3, -0.25) is 0 Å². The Hall–Kier alpha value is -2.13. The number of hydrogen-bond acceptors (Lipinski definition) is 4. The molecule has 2 aromatic carbocycles. The Kier molecular flexibility index (Phi) is 6.15. The largest absolute Gasteiger partial charge is 0.400 e. The topological polar surface area (TPSA) is 43.6 Å². The normalized spacial score (nSPS) is 15.1. The molecule has 0 radical (unpaired) electrons. The van der Waals surface area contributed by atoms with Crippen molar-refractivity contribution in [1.82, 2.24) is 20.0 Å². The van der Waals surface area contributed by atoms with Crippen LogP contribution >= 0.6 is 46.1 Å². The molecule has 182 valence electrons. The van der Waals surface area contributed by atoms with Crippen LogP contribution in [0, 0.1) is 0 Å². The minimum atomic E-state index is -4.37. The summed E-state index contributed by atoms with van der Waals surface area (Å²) in [7, 11) is 0. The van der Waals surface area contributed by atoms with Gasteiger partial charge in [-0.05, 0) is 49.1 Å². The second-order valence-corrected chi connectivity index (χ2v) is 11.0. The van der Waals surface area contributed by atoms with Gasteiger partial charge in [-0.15, -0.1) is 10.2 Å². The summed E-state index contributed by atoms with van der Waals surface area (Å²) in [6, 6.07) is 12.3. The van der Waals surface area contributed by atoms with Gasteiger partial charge in [0.05, 0.1) is 16.4 Å². The van der Waals surface area contributed by atoms with Crippen molar-refractivity contribution < 1.29 is 13.2 Å². The molecule has 0 spiro atoms. The fourth-order valence-corrected chi connectivity index (χ4v) is 5.83. The summed E-state index contributed by atoms with van der Waals surface area (Å²) in [6.07, 6.45) is -4.32. The molecule has 0 amide bonds. The van der Waals surface area contributed by atoms with Crippen LogP contribution in [0.4, 0.5) is 13.2 Å². The van der Waals surface area contributed by atoms with Crippen LogP contribution in [-0.4, -0.2) is 26.2 Å². The van der Waals surface area contributed by atoms with E-state index in [9.17, 15) is 13.2 Å². The van der Waals surface area contributed by atoms with Crippen LogP contribution in [0.25, 0.3) is 27.6 Å². The first-order valence-electron chi connectivity index (χ1n) is 10.8. The van der Waals surface area contributed by atoms with Crippen molar-refractivity contribution in [3.8, 4) is 27.6 Å². The molecule has 2 aromatic heterocycles. The molecule has 4 nitrogen and oxygen atoms in total. The van der Waals surface area contributed by atoms with Crippen LogP contribution in [0.3, 0.4) is 0 Å². The monoisotopic (exact) mass is 556 g/mol. The van der Waals surface area contributed by atoms with E-state index >= 15 is 0 Å². The molecule has 0 bridgehead atoms. The molecule has 0 atom stereocenters. The number of benzene rings is 2. The van der Waals surface area contributed by atoms with Crippen LogP contribution in [0.2, 0.25) is 15.1 Å². The molecule has 1 saturated carbocycles. The molecule has 1 aliphatic rings. The van der Waals surface area contributed by atoms with E-state index in [1.54, 1.807) is 35.0 Å². The lowest BCUT2D eigenvalue weighted by atomic mass is 9.96. The Labute approximate surface area is 218 Å². The maximum Gasteiger partial charge on any atom is 0.400 e. The minimum Gasteiger partial charge on any atom is -0.231 e. The number of hydrogen-bond donors (Lipinski definition) is 0. The Bertz CT molecular complexity index is 1410. The summed E-state index contributed by atoms with van der Waals surface area (Å²) < 4.78 is 42.8. The molecule has 0 unspecified atom stereocenters.